The van der Waals surface area contributed by atoms with E-state index in [2.05, 4.69) is 115 Å². The van der Waals surface area contributed by atoms with Crippen molar-refractivity contribution in [2.24, 2.45) is 0 Å². The quantitative estimate of drug-likeness (QED) is 0.214. The molecule has 9 rings (SSSR count). The molecule has 0 fully saturated rings. The molecule has 0 aliphatic rings. The molecule has 1 N–H and O–H groups in total. The molecular weight excluding hydrogens is 548 g/mol. The van der Waals surface area contributed by atoms with Crippen molar-refractivity contribution in [1.82, 2.24) is 9.97 Å². The molecule has 2 heterocycles. The van der Waals surface area contributed by atoms with Crippen LogP contribution in [0.1, 0.15) is 0 Å². The summed E-state index contributed by atoms with van der Waals surface area (Å²) in [5.41, 5.74) is 7.49. The first-order valence-corrected chi connectivity index (χ1v) is 15.1. The van der Waals surface area contributed by atoms with E-state index in [1.165, 1.54) is 43.4 Å². The molecule has 9 aromatic rings. The maximum atomic E-state index is 10.5. The van der Waals surface area contributed by atoms with Gasteiger partial charge in [-0.2, -0.15) is 0 Å². The maximum absolute atomic E-state index is 10.5. The highest BCUT2D eigenvalue weighted by atomic mass is 16.3. The number of aromatic hydroxyl groups is 1. The molecule has 0 aliphatic heterocycles. The number of nitrogens with zero attached hydrogens (tertiary/aromatic N) is 2. The van der Waals surface area contributed by atoms with E-state index >= 15 is 0 Å². The van der Waals surface area contributed by atoms with Gasteiger partial charge >= 0.3 is 0 Å². The molecule has 3 nitrogen and oxygen atoms in total. The molecule has 0 atom stereocenters. The molecule has 0 radical (unpaired) electrons. The molecule has 0 unspecified atom stereocenters. The second-order valence-corrected chi connectivity index (χ2v) is 11.6. The number of phenols is 1. The summed E-state index contributed by atoms with van der Waals surface area (Å²) in [6, 6.07) is 52.5. The first kappa shape index (κ1) is 25.4. The lowest BCUT2D eigenvalue weighted by molar-refractivity contribution is 0.477. The minimum absolute atomic E-state index is 0.213. The fourth-order valence-electron chi connectivity index (χ4n) is 6.69. The summed E-state index contributed by atoms with van der Waals surface area (Å²) in [5, 5.41) is 19.9. The number of fused-ring (bicyclic) bond motifs is 9. The van der Waals surface area contributed by atoms with Gasteiger partial charge in [-0.25, -0.2) is 9.97 Å². The topological polar surface area (TPSA) is 46.0 Å². The third-order valence-electron chi connectivity index (χ3n) is 8.94. The molecular formula is C42H26N2O. The predicted molar refractivity (Wildman–Crippen MR) is 188 cm³/mol. The highest BCUT2D eigenvalue weighted by molar-refractivity contribution is 6.26. The van der Waals surface area contributed by atoms with Crippen molar-refractivity contribution in [2.75, 3.05) is 0 Å². The van der Waals surface area contributed by atoms with Crippen LogP contribution in [0.5, 0.6) is 5.75 Å². The Kier molecular flexibility index (Phi) is 5.66. The third kappa shape index (κ3) is 4.13. The van der Waals surface area contributed by atoms with Crippen molar-refractivity contribution >= 4 is 54.1 Å². The van der Waals surface area contributed by atoms with E-state index in [9.17, 15) is 5.11 Å². The molecule has 2 aromatic heterocycles. The van der Waals surface area contributed by atoms with Crippen LogP contribution in [0.15, 0.2) is 152 Å². The largest absolute Gasteiger partial charge is 0.507 e. The van der Waals surface area contributed by atoms with Gasteiger partial charge in [0.25, 0.3) is 0 Å². The van der Waals surface area contributed by atoms with Crippen LogP contribution in [0.3, 0.4) is 0 Å². The lowest BCUT2D eigenvalue weighted by atomic mass is 9.91. The van der Waals surface area contributed by atoms with E-state index in [0.717, 1.165) is 38.8 Å². The number of hydrogen-bond acceptors (Lipinski definition) is 3. The monoisotopic (exact) mass is 574 g/mol. The minimum atomic E-state index is 0.213. The van der Waals surface area contributed by atoms with Crippen molar-refractivity contribution < 1.29 is 5.11 Å². The fourth-order valence-corrected chi connectivity index (χ4v) is 6.69. The summed E-state index contributed by atoms with van der Waals surface area (Å²) in [6.07, 6.45) is 0. The van der Waals surface area contributed by atoms with Gasteiger partial charge in [0.05, 0.1) is 22.4 Å². The summed E-state index contributed by atoms with van der Waals surface area (Å²) >= 11 is 0. The number of para-hydroxylation sites is 1. The Hall–Kier alpha value is -6.06. The van der Waals surface area contributed by atoms with Crippen molar-refractivity contribution in [1.29, 1.82) is 0 Å². The summed E-state index contributed by atoms with van der Waals surface area (Å²) in [5.74, 6) is 0.213. The second kappa shape index (κ2) is 10.0. The molecule has 45 heavy (non-hydrogen) atoms. The smallest absolute Gasteiger partial charge is 0.124 e. The van der Waals surface area contributed by atoms with Gasteiger partial charge in [-0.15, -0.1) is 0 Å². The zero-order valence-electron chi connectivity index (χ0n) is 24.3. The molecule has 210 valence electrons. The van der Waals surface area contributed by atoms with E-state index in [4.69, 9.17) is 9.97 Å². The molecule has 0 amide bonds. The van der Waals surface area contributed by atoms with Gasteiger partial charge in [0.1, 0.15) is 5.75 Å². The summed E-state index contributed by atoms with van der Waals surface area (Å²) in [6.45, 7) is 0. The van der Waals surface area contributed by atoms with E-state index < -0.39 is 0 Å². The van der Waals surface area contributed by atoms with Crippen molar-refractivity contribution in [3.05, 3.63) is 152 Å². The molecule has 3 heteroatoms. The van der Waals surface area contributed by atoms with E-state index in [1.54, 1.807) is 6.07 Å². The summed E-state index contributed by atoms with van der Waals surface area (Å²) < 4.78 is 0. The van der Waals surface area contributed by atoms with Crippen LogP contribution in [-0.2, 0) is 0 Å². The predicted octanol–water partition coefficient (Wildman–Crippen LogP) is 10.9. The van der Waals surface area contributed by atoms with Crippen molar-refractivity contribution in [3.63, 3.8) is 0 Å². The molecule has 0 spiro atoms. The number of hydrogen-bond donors (Lipinski definition) is 1. The summed E-state index contributed by atoms with van der Waals surface area (Å²) in [4.78, 5) is 10.2. The highest BCUT2D eigenvalue weighted by Crippen LogP contribution is 2.39. The van der Waals surface area contributed by atoms with Gasteiger partial charge in [0.15, 0.2) is 0 Å². The van der Waals surface area contributed by atoms with Gasteiger partial charge in [-0.05, 0) is 79.8 Å². The lowest BCUT2D eigenvalue weighted by Gasteiger charge is -2.14. The third-order valence-corrected chi connectivity index (χ3v) is 8.94. The average Bonchev–Trinajstić information content (AvgIpc) is 3.11. The van der Waals surface area contributed by atoms with Crippen molar-refractivity contribution in [3.8, 4) is 39.4 Å². The molecule has 7 aromatic carbocycles. The normalized spacial score (nSPS) is 11.6. The van der Waals surface area contributed by atoms with Gasteiger partial charge < -0.3 is 5.11 Å². The van der Waals surface area contributed by atoms with Crippen LogP contribution in [0, 0.1) is 0 Å². The zero-order chi connectivity index (χ0) is 29.9. The minimum Gasteiger partial charge on any atom is -0.507 e. The Balaban J connectivity index is 1.24. The zero-order valence-corrected chi connectivity index (χ0v) is 24.3. The highest BCUT2D eigenvalue weighted by Gasteiger charge is 2.14. The Bertz CT molecular complexity index is 2590. The van der Waals surface area contributed by atoms with Gasteiger partial charge in [-0.1, -0.05) is 115 Å². The standard InChI is InChI=1S/C42H26N2O/c45-40-13-7-6-12-35(40)39-23-19-28-15-14-27-18-22-38(43-41(27)42(28)44-39)30-17-21-34-33-20-16-29(26-8-2-1-3-9-26)24-36(33)31-10-4-5-11-32(31)37(34)25-30/h1-25,45H. The molecule has 0 saturated carbocycles. The molecule has 0 saturated heterocycles. The van der Waals surface area contributed by atoms with E-state index in [-0.39, 0.29) is 5.75 Å². The Labute approximate surface area is 259 Å². The Morgan fingerprint density at radius 1 is 0.356 bits per heavy atom. The van der Waals surface area contributed by atoms with Crippen LogP contribution < -0.4 is 0 Å². The number of pyridine rings is 2. The van der Waals surface area contributed by atoms with Crippen LogP contribution in [0.25, 0.3) is 87.8 Å². The van der Waals surface area contributed by atoms with E-state index in [1.807, 2.05) is 30.3 Å². The second-order valence-electron chi connectivity index (χ2n) is 11.6. The first-order valence-electron chi connectivity index (χ1n) is 15.1. The first-order chi connectivity index (χ1) is 22.2. The van der Waals surface area contributed by atoms with Gasteiger partial charge in [0, 0.05) is 21.9 Å². The van der Waals surface area contributed by atoms with Crippen LogP contribution in [0.4, 0.5) is 0 Å². The van der Waals surface area contributed by atoms with E-state index in [0.29, 0.717) is 5.56 Å². The average molecular weight is 575 g/mol. The maximum Gasteiger partial charge on any atom is 0.124 e. The van der Waals surface area contributed by atoms with Gasteiger partial charge in [-0.3, -0.25) is 0 Å². The van der Waals surface area contributed by atoms with Crippen LogP contribution >= 0.6 is 0 Å². The van der Waals surface area contributed by atoms with Crippen LogP contribution in [0.2, 0.25) is 0 Å². The number of benzene rings is 7. The van der Waals surface area contributed by atoms with Crippen LogP contribution in [-0.4, -0.2) is 15.1 Å². The Morgan fingerprint density at radius 3 is 1.56 bits per heavy atom. The molecule has 0 aliphatic carbocycles. The summed E-state index contributed by atoms with van der Waals surface area (Å²) in [7, 11) is 0. The fraction of sp³-hybridized carbons (Fsp3) is 0. The molecule has 0 bridgehead atoms. The number of aromatic nitrogens is 2. The lowest BCUT2D eigenvalue weighted by Crippen LogP contribution is -1.91. The van der Waals surface area contributed by atoms with Gasteiger partial charge in [0.2, 0.25) is 0 Å². The Morgan fingerprint density at radius 2 is 0.867 bits per heavy atom. The number of phenolic OH excluding ortho intramolecular Hbond substituents is 1. The SMILES string of the molecule is Oc1ccccc1-c1ccc2ccc3ccc(-c4ccc5c6ccc(-c7ccccc7)cc6c6ccccc6c5c4)nc3c2n1. The van der Waals surface area contributed by atoms with Crippen molar-refractivity contribution in [2.45, 2.75) is 0 Å². The number of rotatable bonds is 3.